The average molecular weight is 259 g/mol. The average Bonchev–Trinajstić information content (AvgIpc) is 2.11. The van der Waals surface area contributed by atoms with Gasteiger partial charge in [0.2, 0.25) is 0 Å². The van der Waals surface area contributed by atoms with Gasteiger partial charge in [0.05, 0.1) is 28.1 Å². The summed E-state index contributed by atoms with van der Waals surface area (Å²) < 4.78 is 37.6. The quantitative estimate of drug-likeness (QED) is 0.718. The first-order valence-corrected chi connectivity index (χ1v) is 8.09. The van der Waals surface area contributed by atoms with Crippen molar-refractivity contribution in [3.05, 3.63) is 0 Å². The number of hydrogen-bond acceptors (Lipinski definition) is 4. The zero-order valence-electron chi connectivity index (χ0n) is 9.93. The van der Waals surface area contributed by atoms with Gasteiger partial charge in [-0.1, -0.05) is 0 Å². The Labute approximate surface area is 102 Å². The van der Waals surface area contributed by atoms with Crippen LogP contribution in [0.3, 0.4) is 0 Å². The molecule has 4 aliphatic rings. The molecule has 0 aromatic heterocycles. The molecule has 4 aliphatic carbocycles. The maximum Gasteiger partial charge on any atom is 0.0968 e. The molecule has 0 radical (unpaired) electrons. The van der Waals surface area contributed by atoms with E-state index in [0.29, 0.717) is 0 Å². The van der Waals surface area contributed by atoms with Crippen molar-refractivity contribution in [3.8, 4) is 0 Å². The highest BCUT2D eigenvalue weighted by molar-refractivity contribution is 7.85. The zero-order chi connectivity index (χ0) is 12.1. The van der Waals surface area contributed by atoms with E-state index in [2.05, 4.69) is 0 Å². The summed E-state index contributed by atoms with van der Waals surface area (Å²) in [6.45, 7) is 0.0813. The van der Waals surface area contributed by atoms with E-state index in [0.717, 1.165) is 37.0 Å². The monoisotopic (exact) mass is 259 g/mol. The molecule has 0 heterocycles. The van der Waals surface area contributed by atoms with Crippen LogP contribution in [0.5, 0.6) is 0 Å². The van der Waals surface area contributed by atoms with Crippen molar-refractivity contribution >= 4 is 10.1 Å². The minimum absolute atomic E-state index is 0.0813. The molecule has 4 bridgehead atoms. The van der Waals surface area contributed by atoms with Crippen molar-refractivity contribution in [2.24, 2.45) is 17.8 Å². The fourth-order valence-corrected chi connectivity index (χ4v) is 4.86. The fraction of sp³-hybridized carbons (Fsp3) is 1.00. The molecule has 0 unspecified atom stereocenters. The number of hydrogen-bond donors (Lipinski definition) is 0. The zero-order valence-corrected chi connectivity index (χ0v) is 10.7. The molecule has 0 aromatic carbocycles. The topological polar surface area (TPSA) is 66.4 Å². The molecule has 5 heteroatoms. The third-order valence-electron chi connectivity index (χ3n) is 4.72. The van der Waals surface area contributed by atoms with Gasteiger partial charge < -0.3 is 9.29 Å². The van der Waals surface area contributed by atoms with Crippen LogP contribution in [0.25, 0.3) is 0 Å². The molecular formula is C12H19O4S-. The molecule has 98 valence electrons. The van der Waals surface area contributed by atoms with Crippen LogP contribution in [0, 0.1) is 17.8 Å². The molecular weight excluding hydrogens is 240 g/mol. The highest BCUT2D eigenvalue weighted by Gasteiger charge is 2.51. The second-order valence-electron chi connectivity index (χ2n) is 6.21. The molecule has 0 amide bonds. The van der Waals surface area contributed by atoms with E-state index in [4.69, 9.17) is 4.74 Å². The molecule has 0 aromatic rings. The normalized spacial score (nSPS) is 44.2. The molecule has 0 aliphatic heterocycles. The van der Waals surface area contributed by atoms with Crippen LogP contribution in [0.1, 0.15) is 38.5 Å². The summed E-state index contributed by atoms with van der Waals surface area (Å²) in [6.07, 6.45) is 7.25. The molecule has 4 saturated carbocycles. The summed E-state index contributed by atoms with van der Waals surface area (Å²) in [7, 11) is -4.13. The maximum absolute atomic E-state index is 10.6. The lowest BCUT2D eigenvalue weighted by molar-refractivity contribution is -0.158. The lowest BCUT2D eigenvalue weighted by atomic mass is 9.54. The Morgan fingerprint density at radius 2 is 1.53 bits per heavy atom. The smallest absolute Gasteiger partial charge is 0.0968 e. The van der Waals surface area contributed by atoms with Crippen molar-refractivity contribution in [1.29, 1.82) is 0 Å². The molecule has 4 rings (SSSR count). The fourth-order valence-electron chi connectivity index (χ4n) is 4.57. The highest BCUT2D eigenvalue weighted by Crippen LogP contribution is 2.57. The van der Waals surface area contributed by atoms with E-state index in [1.165, 1.54) is 19.3 Å². The lowest BCUT2D eigenvalue weighted by Crippen LogP contribution is -2.52. The SMILES string of the molecule is O=S(=O)([O-])CCOC12CC3CC(CC(C3)C1)C2. The third kappa shape index (κ3) is 2.51. The Morgan fingerprint density at radius 1 is 1.06 bits per heavy atom. The third-order valence-corrected chi connectivity index (χ3v) is 5.39. The number of ether oxygens (including phenoxy) is 1. The summed E-state index contributed by atoms with van der Waals surface area (Å²) in [6, 6.07) is 0. The molecule has 4 fully saturated rings. The Hall–Kier alpha value is -0.130. The van der Waals surface area contributed by atoms with Crippen LogP contribution in [-0.4, -0.2) is 30.9 Å². The van der Waals surface area contributed by atoms with Crippen LogP contribution < -0.4 is 0 Å². The van der Waals surface area contributed by atoms with Crippen molar-refractivity contribution in [2.75, 3.05) is 12.4 Å². The van der Waals surface area contributed by atoms with Crippen LogP contribution in [-0.2, 0) is 14.9 Å². The van der Waals surface area contributed by atoms with E-state index in [1.54, 1.807) is 0 Å². The maximum atomic E-state index is 10.6. The summed E-state index contributed by atoms with van der Waals surface area (Å²) in [5, 5.41) is 0. The van der Waals surface area contributed by atoms with Gasteiger partial charge in [0, 0.05) is 0 Å². The van der Waals surface area contributed by atoms with Gasteiger partial charge in [-0.25, -0.2) is 8.42 Å². The molecule has 17 heavy (non-hydrogen) atoms. The van der Waals surface area contributed by atoms with Gasteiger partial charge in [0.1, 0.15) is 0 Å². The van der Waals surface area contributed by atoms with Gasteiger partial charge in [-0.2, -0.15) is 0 Å². The summed E-state index contributed by atoms with van der Waals surface area (Å²) in [5.41, 5.74) is -0.0839. The van der Waals surface area contributed by atoms with E-state index < -0.39 is 10.1 Å². The standard InChI is InChI=1S/C12H20O4S/c13-17(14,15)2-1-16-12-6-9-3-10(7-12)5-11(4-9)8-12/h9-11H,1-8H2,(H,13,14,15)/p-1. The second kappa shape index (κ2) is 3.93. The molecule has 0 saturated heterocycles. The lowest BCUT2D eigenvalue weighted by Gasteiger charge is -2.56. The van der Waals surface area contributed by atoms with Gasteiger partial charge in [0.25, 0.3) is 0 Å². The molecule has 0 N–H and O–H groups in total. The first-order chi connectivity index (χ1) is 7.94. The minimum Gasteiger partial charge on any atom is -0.748 e. The van der Waals surface area contributed by atoms with Gasteiger partial charge in [-0.05, 0) is 56.3 Å². The van der Waals surface area contributed by atoms with Gasteiger partial charge >= 0.3 is 0 Å². The summed E-state index contributed by atoms with van der Waals surface area (Å²) in [5.74, 6) is 1.97. The van der Waals surface area contributed by atoms with Crippen molar-refractivity contribution in [2.45, 2.75) is 44.1 Å². The Morgan fingerprint density at radius 3 is 1.94 bits per heavy atom. The van der Waals surface area contributed by atoms with Crippen LogP contribution in [0.4, 0.5) is 0 Å². The largest absolute Gasteiger partial charge is 0.748 e. The van der Waals surface area contributed by atoms with Crippen molar-refractivity contribution < 1.29 is 17.7 Å². The van der Waals surface area contributed by atoms with E-state index in [9.17, 15) is 13.0 Å². The predicted octanol–water partition coefficient (Wildman–Crippen LogP) is 1.52. The first-order valence-electron chi connectivity index (χ1n) is 6.52. The summed E-state index contributed by atoms with van der Waals surface area (Å²) >= 11 is 0. The van der Waals surface area contributed by atoms with Crippen LogP contribution >= 0.6 is 0 Å². The number of rotatable bonds is 4. The Balaban J connectivity index is 1.62. The highest BCUT2D eigenvalue weighted by atomic mass is 32.2. The van der Waals surface area contributed by atoms with Crippen molar-refractivity contribution in [1.82, 2.24) is 0 Å². The van der Waals surface area contributed by atoms with E-state index in [-0.39, 0.29) is 18.0 Å². The Kier molecular flexibility index (Phi) is 2.76. The first kappa shape index (κ1) is 11.9. The Bertz CT molecular complexity index is 365. The van der Waals surface area contributed by atoms with E-state index >= 15 is 0 Å². The molecule has 4 nitrogen and oxygen atoms in total. The van der Waals surface area contributed by atoms with Crippen molar-refractivity contribution in [3.63, 3.8) is 0 Å². The summed E-state index contributed by atoms with van der Waals surface area (Å²) in [4.78, 5) is 0. The second-order valence-corrected chi connectivity index (χ2v) is 7.73. The van der Waals surface area contributed by atoms with E-state index in [1.807, 2.05) is 0 Å². The van der Waals surface area contributed by atoms with Gasteiger partial charge in [-0.3, -0.25) is 0 Å². The van der Waals surface area contributed by atoms with Gasteiger partial charge in [0.15, 0.2) is 0 Å². The molecule has 0 spiro atoms. The van der Waals surface area contributed by atoms with Crippen LogP contribution in [0.2, 0.25) is 0 Å². The predicted molar refractivity (Wildman–Crippen MR) is 61.4 cm³/mol. The minimum atomic E-state index is -4.13. The van der Waals surface area contributed by atoms with Gasteiger partial charge in [-0.15, -0.1) is 0 Å². The van der Waals surface area contributed by atoms with Crippen LogP contribution in [0.15, 0.2) is 0 Å². The molecule has 0 atom stereocenters.